The summed E-state index contributed by atoms with van der Waals surface area (Å²) in [6.07, 6.45) is 3.34. The van der Waals surface area contributed by atoms with Crippen molar-refractivity contribution < 1.29 is 8.42 Å². The zero-order valence-corrected chi connectivity index (χ0v) is 12.1. The van der Waals surface area contributed by atoms with E-state index in [1.807, 2.05) is 6.07 Å². The van der Waals surface area contributed by atoms with Gasteiger partial charge in [0, 0.05) is 19.3 Å². The van der Waals surface area contributed by atoms with Crippen LogP contribution in [0.5, 0.6) is 0 Å². The summed E-state index contributed by atoms with van der Waals surface area (Å²) >= 11 is 0. The predicted octanol–water partition coefficient (Wildman–Crippen LogP) is 0.213. The molecule has 1 aromatic heterocycles. The van der Waals surface area contributed by atoms with Crippen LogP contribution in [0, 0.1) is 11.3 Å². The summed E-state index contributed by atoms with van der Waals surface area (Å²) in [5.74, 6) is 0.0102. The van der Waals surface area contributed by atoms with Gasteiger partial charge in [-0.05, 0) is 24.3 Å². The second-order valence-corrected chi connectivity index (χ2v) is 6.48. The van der Waals surface area contributed by atoms with Gasteiger partial charge in [-0.15, -0.1) is 5.10 Å². The van der Waals surface area contributed by atoms with Crippen molar-refractivity contribution in [3.05, 3.63) is 42.2 Å². The molecule has 0 aliphatic heterocycles. The number of aromatic nitrogens is 3. The maximum atomic E-state index is 12.1. The molecule has 0 saturated heterocycles. The Balaban J connectivity index is 1.79. The lowest BCUT2D eigenvalue weighted by molar-refractivity contribution is 0.545. The van der Waals surface area contributed by atoms with E-state index in [0.29, 0.717) is 25.2 Å². The molecule has 21 heavy (non-hydrogen) atoms. The van der Waals surface area contributed by atoms with E-state index in [0.717, 1.165) is 0 Å². The highest BCUT2D eigenvalue weighted by Gasteiger charge is 2.13. The van der Waals surface area contributed by atoms with Crippen molar-refractivity contribution in [1.29, 1.82) is 5.26 Å². The van der Waals surface area contributed by atoms with E-state index in [9.17, 15) is 8.42 Å². The molecule has 0 radical (unpaired) electrons. The van der Waals surface area contributed by atoms with Crippen molar-refractivity contribution in [2.45, 2.75) is 11.4 Å². The summed E-state index contributed by atoms with van der Waals surface area (Å²) in [6.45, 7) is 1.61. The van der Waals surface area contributed by atoms with E-state index in [1.54, 1.807) is 17.1 Å². The monoisotopic (exact) mass is 305 g/mol. The minimum atomic E-state index is -3.33. The lowest BCUT2D eigenvalue weighted by Gasteiger charge is -2.06. The zero-order valence-electron chi connectivity index (χ0n) is 11.3. The van der Waals surface area contributed by atoms with E-state index in [1.165, 1.54) is 24.3 Å². The minimum absolute atomic E-state index is 0.0102. The molecule has 1 N–H and O–H groups in total. The average molecular weight is 305 g/mol. The van der Waals surface area contributed by atoms with E-state index >= 15 is 0 Å². The Morgan fingerprint density at radius 2 is 2.00 bits per heavy atom. The number of hydrogen-bond donors (Lipinski definition) is 1. The minimum Gasteiger partial charge on any atom is -0.314 e. The van der Waals surface area contributed by atoms with Crippen molar-refractivity contribution in [3.8, 4) is 6.07 Å². The SMILES string of the molecule is N#Cc1ccc(S(=O)(=O)CCNCCn2ccnn2)cc1. The fourth-order valence-electron chi connectivity index (χ4n) is 1.73. The second kappa shape index (κ2) is 6.97. The summed E-state index contributed by atoms with van der Waals surface area (Å²) in [5, 5.41) is 19.2. The maximum Gasteiger partial charge on any atom is 0.179 e. The van der Waals surface area contributed by atoms with Crippen LogP contribution in [0.4, 0.5) is 0 Å². The number of hydrogen-bond acceptors (Lipinski definition) is 6. The van der Waals surface area contributed by atoms with Crippen LogP contribution >= 0.6 is 0 Å². The van der Waals surface area contributed by atoms with E-state index < -0.39 is 9.84 Å². The standard InChI is InChI=1S/C13H15N5O2S/c14-11-12-1-3-13(4-2-12)21(19,20)10-7-15-5-8-18-9-6-16-17-18/h1-4,6,9,15H,5,7-8,10H2. The Kier molecular flexibility index (Phi) is 5.03. The molecule has 110 valence electrons. The molecule has 0 aliphatic rings. The van der Waals surface area contributed by atoms with Crippen LogP contribution in [-0.2, 0) is 16.4 Å². The van der Waals surface area contributed by atoms with Gasteiger partial charge in [-0.2, -0.15) is 5.26 Å². The van der Waals surface area contributed by atoms with Crippen LogP contribution in [0.1, 0.15) is 5.56 Å². The Bertz CT molecular complexity index is 702. The number of sulfone groups is 1. The summed E-state index contributed by atoms with van der Waals surface area (Å²) in [4.78, 5) is 0.236. The number of nitrogens with zero attached hydrogens (tertiary/aromatic N) is 4. The average Bonchev–Trinajstić information content (AvgIpc) is 3.00. The lowest BCUT2D eigenvalue weighted by Crippen LogP contribution is -2.26. The molecule has 0 atom stereocenters. The molecule has 1 heterocycles. The first-order chi connectivity index (χ1) is 10.1. The fourth-order valence-corrected chi connectivity index (χ4v) is 2.93. The van der Waals surface area contributed by atoms with Gasteiger partial charge in [0.15, 0.2) is 9.84 Å². The Hall–Kier alpha value is -2.24. The van der Waals surface area contributed by atoms with Gasteiger partial charge in [0.2, 0.25) is 0 Å². The highest BCUT2D eigenvalue weighted by Crippen LogP contribution is 2.11. The number of rotatable bonds is 7. The summed E-state index contributed by atoms with van der Waals surface area (Å²) < 4.78 is 25.8. The van der Waals surface area contributed by atoms with E-state index in [-0.39, 0.29) is 10.6 Å². The van der Waals surface area contributed by atoms with Crippen LogP contribution in [0.15, 0.2) is 41.6 Å². The Morgan fingerprint density at radius 3 is 2.62 bits per heavy atom. The lowest BCUT2D eigenvalue weighted by atomic mass is 10.2. The molecule has 0 fully saturated rings. The number of nitriles is 1. The van der Waals surface area contributed by atoms with Gasteiger partial charge in [-0.3, -0.25) is 4.68 Å². The molecule has 7 nitrogen and oxygen atoms in total. The Morgan fingerprint density at radius 1 is 1.24 bits per heavy atom. The van der Waals surface area contributed by atoms with Gasteiger partial charge in [-0.1, -0.05) is 5.21 Å². The molecule has 0 spiro atoms. The highest BCUT2D eigenvalue weighted by molar-refractivity contribution is 7.91. The third-order valence-electron chi connectivity index (χ3n) is 2.88. The normalized spacial score (nSPS) is 11.2. The fraction of sp³-hybridized carbons (Fsp3) is 0.308. The predicted molar refractivity (Wildman–Crippen MR) is 76.1 cm³/mol. The smallest absolute Gasteiger partial charge is 0.179 e. The zero-order chi connectivity index (χ0) is 15.1. The van der Waals surface area contributed by atoms with Crippen molar-refractivity contribution in [1.82, 2.24) is 20.3 Å². The highest BCUT2D eigenvalue weighted by atomic mass is 32.2. The van der Waals surface area contributed by atoms with Gasteiger partial charge in [0.05, 0.1) is 35.0 Å². The molecule has 8 heteroatoms. The van der Waals surface area contributed by atoms with Gasteiger partial charge >= 0.3 is 0 Å². The Labute approximate surface area is 123 Å². The van der Waals surface area contributed by atoms with Gasteiger partial charge in [0.1, 0.15) is 0 Å². The van der Waals surface area contributed by atoms with Crippen LogP contribution < -0.4 is 5.32 Å². The molecular formula is C13H15N5O2S. The molecule has 2 aromatic rings. The summed E-state index contributed by atoms with van der Waals surface area (Å²) in [6, 6.07) is 7.89. The molecule has 0 saturated carbocycles. The van der Waals surface area contributed by atoms with Crippen molar-refractivity contribution >= 4 is 9.84 Å². The molecule has 1 aromatic carbocycles. The van der Waals surface area contributed by atoms with Gasteiger partial charge < -0.3 is 5.32 Å². The molecule has 0 bridgehead atoms. The molecule has 0 unspecified atom stereocenters. The van der Waals surface area contributed by atoms with E-state index in [4.69, 9.17) is 5.26 Å². The molecule has 2 rings (SSSR count). The van der Waals surface area contributed by atoms with Crippen molar-refractivity contribution in [2.75, 3.05) is 18.8 Å². The van der Waals surface area contributed by atoms with Crippen LogP contribution in [0.25, 0.3) is 0 Å². The molecule has 0 amide bonds. The maximum absolute atomic E-state index is 12.1. The summed E-state index contributed by atoms with van der Waals surface area (Å²) in [5.41, 5.74) is 0.444. The van der Waals surface area contributed by atoms with Crippen molar-refractivity contribution in [3.63, 3.8) is 0 Å². The van der Waals surface area contributed by atoms with Crippen LogP contribution in [0.2, 0.25) is 0 Å². The quantitative estimate of drug-likeness (QED) is 0.734. The largest absolute Gasteiger partial charge is 0.314 e. The van der Waals surface area contributed by atoms with Crippen LogP contribution in [0.3, 0.4) is 0 Å². The molecule has 0 aliphatic carbocycles. The van der Waals surface area contributed by atoms with Crippen molar-refractivity contribution in [2.24, 2.45) is 0 Å². The third-order valence-corrected chi connectivity index (χ3v) is 4.61. The number of benzene rings is 1. The van der Waals surface area contributed by atoms with Gasteiger partial charge in [0.25, 0.3) is 0 Å². The second-order valence-electron chi connectivity index (χ2n) is 4.37. The first-order valence-corrected chi connectivity index (χ1v) is 8.05. The summed E-state index contributed by atoms with van der Waals surface area (Å²) in [7, 11) is -3.33. The topological polar surface area (TPSA) is 101 Å². The van der Waals surface area contributed by atoms with E-state index in [2.05, 4.69) is 15.6 Å². The van der Waals surface area contributed by atoms with Crippen LogP contribution in [-0.4, -0.2) is 42.3 Å². The first-order valence-electron chi connectivity index (χ1n) is 6.39. The number of nitrogens with one attached hydrogen (secondary N) is 1. The van der Waals surface area contributed by atoms with Gasteiger partial charge in [-0.25, -0.2) is 8.42 Å². The molecular weight excluding hydrogens is 290 g/mol. The first kappa shape index (κ1) is 15.2. The third kappa shape index (κ3) is 4.37.